The van der Waals surface area contributed by atoms with Crippen LogP contribution in [0.2, 0.25) is 0 Å². The fraction of sp³-hybridized carbons (Fsp3) is 1.00. The summed E-state index contributed by atoms with van der Waals surface area (Å²) in [5, 5.41) is 0. The van der Waals surface area contributed by atoms with Crippen molar-refractivity contribution in [3.63, 3.8) is 0 Å². The highest BCUT2D eigenvalue weighted by Crippen LogP contribution is 2.32. The smallest absolute Gasteiger partial charge is 0.150 e. The summed E-state index contributed by atoms with van der Waals surface area (Å²) >= 11 is 0. The van der Waals surface area contributed by atoms with Crippen LogP contribution in [0.25, 0.3) is 0 Å². The van der Waals surface area contributed by atoms with E-state index in [1.54, 1.807) is 0 Å². The lowest BCUT2D eigenvalue weighted by Gasteiger charge is -2.52. The van der Waals surface area contributed by atoms with Crippen LogP contribution < -0.4 is 5.73 Å². The molecule has 2 fully saturated rings. The predicted molar refractivity (Wildman–Crippen MR) is 73.3 cm³/mol. The summed E-state index contributed by atoms with van der Waals surface area (Å²) in [6, 6.07) is 0.452. The van der Waals surface area contributed by atoms with Crippen molar-refractivity contribution >= 4 is 9.84 Å². The number of nitrogens with zero attached hydrogens (tertiary/aromatic N) is 2. The second-order valence-corrected chi connectivity index (χ2v) is 8.19. The van der Waals surface area contributed by atoms with Gasteiger partial charge in [0.1, 0.15) is 9.84 Å². The molecule has 2 aliphatic rings. The van der Waals surface area contributed by atoms with E-state index in [0.717, 1.165) is 19.6 Å². The van der Waals surface area contributed by atoms with Crippen LogP contribution in [0.3, 0.4) is 0 Å². The Morgan fingerprint density at radius 3 is 2.39 bits per heavy atom. The molecule has 1 atom stereocenters. The fourth-order valence-electron chi connectivity index (χ4n) is 3.37. The number of rotatable bonds is 2. The molecule has 0 aromatic rings. The number of sulfone groups is 1. The summed E-state index contributed by atoms with van der Waals surface area (Å²) in [7, 11) is -0.690. The maximum atomic E-state index is 11.6. The van der Waals surface area contributed by atoms with Gasteiger partial charge in [-0.1, -0.05) is 0 Å². The second-order valence-electron chi connectivity index (χ2n) is 5.88. The number of nitrogens with two attached hydrogens (primary N) is 1. The summed E-state index contributed by atoms with van der Waals surface area (Å²) in [6.07, 6.45) is 1.39. The van der Waals surface area contributed by atoms with Gasteiger partial charge in [-0.15, -0.1) is 0 Å². The molecule has 106 valence electrons. The van der Waals surface area contributed by atoms with Gasteiger partial charge in [0.25, 0.3) is 0 Å². The Hall–Kier alpha value is -0.170. The predicted octanol–water partition coefficient (Wildman–Crippen LogP) is -0.472. The molecular weight excluding hydrogens is 250 g/mol. The monoisotopic (exact) mass is 275 g/mol. The molecule has 18 heavy (non-hydrogen) atoms. The quantitative estimate of drug-likeness (QED) is 0.738. The maximum Gasteiger partial charge on any atom is 0.150 e. The topological polar surface area (TPSA) is 66.6 Å². The van der Waals surface area contributed by atoms with Crippen molar-refractivity contribution < 1.29 is 8.42 Å². The van der Waals surface area contributed by atoms with Crippen molar-refractivity contribution in [1.82, 2.24) is 9.80 Å². The number of likely N-dealkylation sites (N-methyl/N-ethyl adjacent to an activating group) is 1. The van der Waals surface area contributed by atoms with Crippen LogP contribution in [-0.2, 0) is 9.84 Å². The Balaban J connectivity index is 2.13. The highest BCUT2D eigenvalue weighted by atomic mass is 32.2. The Bertz CT molecular complexity index is 382. The summed E-state index contributed by atoms with van der Waals surface area (Å²) in [4.78, 5) is 4.78. The molecule has 1 unspecified atom stereocenters. The number of hydrogen-bond donors (Lipinski definition) is 1. The minimum absolute atomic E-state index is 0.0913. The third-order valence-corrected chi connectivity index (χ3v) is 6.23. The van der Waals surface area contributed by atoms with Gasteiger partial charge in [0.15, 0.2) is 0 Å². The third-order valence-electron chi connectivity index (χ3n) is 4.58. The van der Waals surface area contributed by atoms with Crippen molar-refractivity contribution in [2.45, 2.75) is 31.3 Å². The zero-order chi connectivity index (χ0) is 13.4. The van der Waals surface area contributed by atoms with Crippen molar-refractivity contribution in [3.8, 4) is 0 Å². The normalized spacial score (nSPS) is 33.4. The SMILES string of the molecule is CC1CN(C)CCN1C1(CN)CCS(=O)(=O)CC1. The summed E-state index contributed by atoms with van der Waals surface area (Å²) in [5.74, 6) is 0.590. The van der Waals surface area contributed by atoms with Gasteiger partial charge in [0, 0.05) is 37.8 Å². The van der Waals surface area contributed by atoms with Crippen LogP contribution in [0.15, 0.2) is 0 Å². The van der Waals surface area contributed by atoms with Gasteiger partial charge < -0.3 is 10.6 Å². The Kier molecular flexibility index (Phi) is 4.02. The van der Waals surface area contributed by atoms with Crippen molar-refractivity contribution in [3.05, 3.63) is 0 Å². The molecule has 0 saturated carbocycles. The Morgan fingerprint density at radius 1 is 1.28 bits per heavy atom. The largest absolute Gasteiger partial charge is 0.329 e. The zero-order valence-electron chi connectivity index (χ0n) is 11.4. The van der Waals surface area contributed by atoms with E-state index in [2.05, 4.69) is 23.8 Å². The highest BCUT2D eigenvalue weighted by molar-refractivity contribution is 7.91. The van der Waals surface area contributed by atoms with Gasteiger partial charge in [0.2, 0.25) is 0 Å². The van der Waals surface area contributed by atoms with E-state index < -0.39 is 9.84 Å². The number of hydrogen-bond acceptors (Lipinski definition) is 5. The molecule has 2 N–H and O–H groups in total. The van der Waals surface area contributed by atoms with Gasteiger partial charge >= 0.3 is 0 Å². The van der Waals surface area contributed by atoms with E-state index in [4.69, 9.17) is 5.73 Å². The molecule has 2 aliphatic heterocycles. The van der Waals surface area contributed by atoms with Crippen LogP contribution in [0.1, 0.15) is 19.8 Å². The zero-order valence-corrected chi connectivity index (χ0v) is 12.2. The first-order chi connectivity index (χ1) is 8.38. The fourth-order valence-corrected chi connectivity index (χ4v) is 4.96. The van der Waals surface area contributed by atoms with Crippen LogP contribution in [0.5, 0.6) is 0 Å². The van der Waals surface area contributed by atoms with E-state index in [0.29, 0.717) is 36.9 Å². The van der Waals surface area contributed by atoms with E-state index in [9.17, 15) is 8.42 Å². The molecule has 2 rings (SSSR count). The molecule has 6 heteroatoms. The van der Waals surface area contributed by atoms with Gasteiger partial charge in [-0.3, -0.25) is 4.90 Å². The molecule has 0 aromatic heterocycles. The molecule has 2 saturated heterocycles. The first-order valence-electron chi connectivity index (χ1n) is 6.74. The van der Waals surface area contributed by atoms with Gasteiger partial charge in [-0.25, -0.2) is 8.42 Å². The second kappa shape index (κ2) is 5.07. The van der Waals surface area contributed by atoms with E-state index in [1.807, 2.05) is 0 Å². The van der Waals surface area contributed by atoms with Gasteiger partial charge in [-0.05, 0) is 26.8 Å². The first-order valence-corrected chi connectivity index (χ1v) is 8.56. The van der Waals surface area contributed by atoms with E-state index in [-0.39, 0.29) is 5.54 Å². The molecular formula is C12H25N3O2S. The lowest BCUT2D eigenvalue weighted by Crippen LogP contribution is -2.65. The van der Waals surface area contributed by atoms with Crippen LogP contribution in [-0.4, -0.2) is 74.5 Å². The van der Waals surface area contributed by atoms with E-state index >= 15 is 0 Å². The lowest BCUT2D eigenvalue weighted by atomic mass is 9.87. The molecule has 0 bridgehead atoms. The van der Waals surface area contributed by atoms with Crippen molar-refractivity contribution in [2.75, 3.05) is 44.7 Å². The molecule has 0 aliphatic carbocycles. The minimum atomic E-state index is -2.82. The molecule has 5 nitrogen and oxygen atoms in total. The van der Waals surface area contributed by atoms with Crippen molar-refractivity contribution in [2.24, 2.45) is 5.73 Å². The lowest BCUT2D eigenvalue weighted by molar-refractivity contribution is -0.00272. The molecule has 0 amide bonds. The molecule has 0 radical (unpaired) electrons. The van der Waals surface area contributed by atoms with Crippen LogP contribution in [0.4, 0.5) is 0 Å². The number of piperazine rings is 1. The van der Waals surface area contributed by atoms with Crippen LogP contribution in [0, 0.1) is 0 Å². The average molecular weight is 275 g/mol. The molecule has 2 heterocycles. The molecule has 0 aromatic carbocycles. The molecule has 0 spiro atoms. The highest BCUT2D eigenvalue weighted by Gasteiger charge is 2.43. The minimum Gasteiger partial charge on any atom is -0.329 e. The summed E-state index contributed by atoms with van der Waals surface area (Å²) in [5.41, 5.74) is 5.91. The maximum absolute atomic E-state index is 11.6. The Morgan fingerprint density at radius 2 is 1.89 bits per heavy atom. The van der Waals surface area contributed by atoms with Gasteiger partial charge in [0.05, 0.1) is 11.5 Å². The first kappa shape index (κ1) is 14.2. The Labute approximate surface area is 110 Å². The van der Waals surface area contributed by atoms with Crippen molar-refractivity contribution in [1.29, 1.82) is 0 Å². The third kappa shape index (κ3) is 2.71. The summed E-state index contributed by atoms with van der Waals surface area (Å²) in [6.45, 7) is 5.86. The average Bonchev–Trinajstić information content (AvgIpc) is 2.31. The van der Waals surface area contributed by atoms with Crippen LogP contribution >= 0.6 is 0 Å². The summed E-state index contributed by atoms with van der Waals surface area (Å²) < 4.78 is 23.2. The standard InChI is InChI=1S/C12H25N3O2S/c1-11-9-14(2)5-6-15(11)12(10-13)3-7-18(16,17)8-4-12/h11H,3-10,13H2,1-2H3. The van der Waals surface area contributed by atoms with Gasteiger partial charge in [-0.2, -0.15) is 0 Å². The van der Waals surface area contributed by atoms with E-state index in [1.165, 1.54) is 0 Å².